The molecule has 2 aliphatic rings. The van der Waals surface area contributed by atoms with Gasteiger partial charge in [-0.25, -0.2) is 0 Å². The predicted octanol–water partition coefficient (Wildman–Crippen LogP) is 2.54. The number of aliphatic hydroxyl groups is 1. The Balaban J connectivity index is 1.95. The molecular formula is C20H26N2O2. The second-order valence-electron chi connectivity index (χ2n) is 7.30. The molecule has 4 rings (SSSR count). The third kappa shape index (κ3) is 2.03. The molecule has 0 radical (unpaired) electrons. The van der Waals surface area contributed by atoms with E-state index in [9.17, 15) is 5.11 Å². The van der Waals surface area contributed by atoms with Gasteiger partial charge in [0.2, 0.25) is 0 Å². The Labute approximate surface area is 143 Å². The van der Waals surface area contributed by atoms with Gasteiger partial charge in [-0.1, -0.05) is 18.2 Å². The van der Waals surface area contributed by atoms with E-state index in [4.69, 9.17) is 4.74 Å². The number of nitrogens with zero attached hydrogens (tertiary/aromatic N) is 2. The lowest BCUT2D eigenvalue weighted by Crippen LogP contribution is -2.59. The van der Waals surface area contributed by atoms with Gasteiger partial charge in [0.1, 0.15) is 5.60 Å². The lowest BCUT2D eigenvalue weighted by Gasteiger charge is -2.52. The second kappa shape index (κ2) is 5.73. The van der Waals surface area contributed by atoms with Gasteiger partial charge in [0.25, 0.3) is 0 Å². The third-order valence-electron chi connectivity index (χ3n) is 6.01. The van der Waals surface area contributed by atoms with Crippen molar-refractivity contribution in [3.8, 4) is 0 Å². The van der Waals surface area contributed by atoms with E-state index >= 15 is 0 Å². The van der Waals surface area contributed by atoms with Crippen LogP contribution in [0.4, 0.5) is 0 Å². The number of rotatable bonds is 4. The molecule has 24 heavy (non-hydrogen) atoms. The van der Waals surface area contributed by atoms with Gasteiger partial charge < -0.3 is 14.4 Å². The molecule has 4 heteroatoms. The van der Waals surface area contributed by atoms with E-state index in [1.54, 1.807) is 0 Å². The van der Waals surface area contributed by atoms with Crippen LogP contribution in [0, 0.1) is 5.92 Å². The normalized spacial score (nSPS) is 29.6. The molecule has 2 aromatic rings. The Morgan fingerprint density at radius 2 is 2.29 bits per heavy atom. The number of likely N-dealkylation sites (tertiary alicyclic amines) is 1. The van der Waals surface area contributed by atoms with Crippen molar-refractivity contribution in [1.29, 1.82) is 0 Å². The quantitative estimate of drug-likeness (QED) is 0.878. The van der Waals surface area contributed by atoms with Crippen LogP contribution in [0.5, 0.6) is 0 Å². The van der Waals surface area contributed by atoms with Crippen LogP contribution in [0.1, 0.15) is 17.5 Å². The molecular weight excluding hydrogens is 300 g/mol. The predicted molar refractivity (Wildman–Crippen MR) is 96.1 cm³/mol. The fourth-order valence-corrected chi connectivity index (χ4v) is 5.03. The summed E-state index contributed by atoms with van der Waals surface area (Å²) in [6.07, 6.45) is 6.09. The summed E-state index contributed by atoms with van der Waals surface area (Å²) in [6, 6.07) is 6.84. The van der Waals surface area contributed by atoms with Gasteiger partial charge in [0.05, 0.1) is 0 Å². The zero-order valence-electron chi connectivity index (χ0n) is 14.5. The Bertz CT molecular complexity index is 781. The van der Waals surface area contributed by atoms with Gasteiger partial charge in [-0.3, -0.25) is 4.90 Å². The van der Waals surface area contributed by atoms with E-state index in [2.05, 4.69) is 47.5 Å². The van der Waals surface area contributed by atoms with Crippen LogP contribution >= 0.6 is 0 Å². The molecule has 1 fully saturated rings. The fraction of sp³-hybridized carbons (Fsp3) is 0.500. The maximum atomic E-state index is 9.78. The minimum absolute atomic E-state index is 0.211. The van der Waals surface area contributed by atoms with Crippen molar-refractivity contribution in [2.75, 3.05) is 27.3 Å². The van der Waals surface area contributed by atoms with E-state index in [0.717, 1.165) is 25.9 Å². The molecule has 4 nitrogen and oxygen atoms in total. The summed E-state index contributed by atoms with van der Waals surface area (Å²) in [7, 11) is 3.98. The Morgan fingerprint density at radius 1 is 1.46 bits per heavy atom. The van der Waals surface area contributed by atoms with Crippen LogP contribution < -0.4 is 0 Å². The summed E-state index contributed by atoms with van der Waals surface area (Å²) in [5.74, 6) is 0.248. The first kappa shape index (κ1) is 15.9. The van der Waals surface area contributed by atoms with Gasteiger partial charge in [-0.05, 0) is 43.0 Å². The molecule has 1 aromatic carbocycles. The number of hydrogen-bond donors (Lipinski definition) is 1. The second-order valence-corrected chi connectivity index (χ2v) is 7.30. The summed E-state index contributed by atoms with van der Waals surface area (Å²) in [4.78, 5) is 2.38. The summed E-state index contributed by atoms with van der Waals surface area (Å²) in [5, 5.41) is 11.1. The monoisotopic (exact) mass is 326 g/mol. The van der Waals surface area contributed by atoms with Crippen LogP contribution in [0.3, 0.4) is 0 Å². The highest BCUT2D eigenvalue weighted by Crippen LogP contribution is 2.49. The van der Waals surface area contributed by atoms with Gasteiger partial charge in [0.15, 0.2) is 0 Å². The number of hydrogen-bond acceptors (Lipinski definition) is 3. The lowest BCUT2D eigenvalue weighted by molar-refractivity contribution is -0.130. The van der Waals surface area contributed by atoms with Crippen LogP contribution in [-0.2, 0) is 23.3 Å². The van der Waals surface area contributed by atoms with Crippen molar-refractivity contribution in [1.82, 2.24) is 9.47 Å². The highest BCUT2D eigenvalue weighted by molar-refractivity contribution is 5.89. The van der Waals surface area contributed by atoms with Crippen LogP contribution in [-0.4, -0.2) is 47.9 Å². The van der Waals surface area contributed by atoms with Crippen molar-refractivity contribution in [3.63, 3.8) is 0 Å². The molecule has 1 aromatic heterocycles. The van der Waals surface area contributed by atoms with Gasteiger partial charge >= 0.3 is 0 Å². The molecule has 128 valence electrons. The maximum absolute atomic E-state index is 9.78. The largest absolute Gasteiger partial charge is 0.396 e. The maximum Gasteiger partial charge on any atom is 0.110 e. The number of allylic oxidation sites excluding steroid dienone is 1. The zero-order valence-corrected chi connectivity index (χ0v) is 14.5. The molecule has 0 saturated carbocycles. The van der Waals surface area contributed by atoms with Gasteiger partial charge in [-0.2, -0.15) is 0 Å². The molecule has 0 amide bonds. The zero-order chi connectivity index (χ0) is 16.9. The number of aliphatic hydroxyl groups excluding tert-OH is 1. The minimum atomic E-state index is -0.340. The van der Waals surface area contributed by atoms with Crippen molar-refractivity contribution in [2.45, 2.75) is 31.0 Å². The molecule has 3 atom stereocenters. The number of benzene rings is 1. The number of methoxy groups -OCH3 is 1. The Kier molecular flexibility index (Phi) is 3.79. The van der Waals surface area contributed by atoms with Crippen molar-refractivity contribution in [2.24, 2.45) is 5.92 Å². The fourth-order valence-electron chi connectivity index (χ4n) is 5.03. The highest BCUT2D eigenvalue weighted by atomic mass is 16.5. The van der Waals surface area contributed by atoms with E-state index in [0.29, 0.717) is 6.04 Å². The Morgan fingerprint density at radius 3 is 3.00 bits per heavy atom. The first-order chi connectivity index (χ1) is 11.6. The highest BCUT2D eigenvalue weighted by Gasteiger charge is 2.51. The molecule has 1 N–H and O–H groups in total. The average Bonchev–Trinajstić information content (AvgIpc) is 2.95. The average molecular weight is 326 g/mol. The first-order valence-electron chi connectivity index (χ1n) is 8.73. The molecule has 0 spiro atoms. The summed E-state index contributed by atoms with van der Waals surface area (Å²) < 4.78 is 8.50. The van der Waals surface area contributed by atoms with E-state index < -0.39 is 0 Å². The first-order valence-corrected chi connectivity index (χ1v) is 8.73. The molecule has 2 heterocycles. The summed E-state index contributed by atoms with van der Waals surface area (Å²) >= 11 is 0. The van der Waals surface area contributed by atoms with E-state index in [1.807, 2.05) is 13.2 Å². The lowest BCUT2D eigenvalue weighted by atomic mass is 9.69. The van der Waals surface area contributed by atoms with Crippen LogP contribution in [0.25, 0.3) is 10.9 Å². The number of aromatic nitrogens is 1. The van der Waals surface area contributed by atoms with Crippen molar-refractivity contribution >= 4 is 10.9 Å². The van der Waals surface area contributed by atoms with E-state index in [-0.39, 0.29) is 18.1 Å². The summed E-state index contributed by atoms with van der Waals surface area (Å²) in [6.45, 7) is 5.84. The Hall–Kier alpha value is -1.62. The summed E-state index contributed by atoms with van der Waals surface area (Å²) in [5.41, 5.74) is 3.59. The number of ether oxygens (including phenoxy) is 1. The van der Waals surface area contributed by atoms with Gasteiger partial charge in [0, 0.05) is 49.9 Å². The molecule has 0 unspecified atom stereocenters. The number of likely N-dealkylation sites (N-methyl/N-ethyl adjacent to an activating group) is 1. The van der Waals surface area contributed by atoms with Crippen molar-refractivity contribution in [3.05, 3.63) is 48.2 Å². The topological polar surface area (TPSA) is 37.6 Å². The van der Waals surface area contributed by atoms with Crippen LogP contribution in [0.15, 0.2) is 37.1 Å². The number of piperidine rings is 1. The standard InChI is InChI=1S/C20H26N2O2/c1-4-8-22-12-15-9-18-20(24-3,10-14(13-23)11-21(18)2)16-6-5-7-17(22)19(15)16/h4-7,12,14,18,23H,1,8-11,13H2,2-3H3/t14-,18-,20+/m1/s1. The number of fused-ring (bicyclic) bond motifs is 2. The minimum Gasteiger partial charge on any atom is -0.396 e. The molecule has 1 aliphatic heterocycles. The third-order valence-corrected chi connectivity index (χ3v) is 6.01. The molecule has 0 bridgehead atoms. The SMILES string of the molecule is C=CCn1cc2c3c(cccc31)[C@@]1(OC)C[C@@H](CO)CN(C)[C@@H]1C2. The van der Waals surface area contributed by atoms with Crippen molar-refractivity contribution < 1.29 is 9.84 Å². The van der Waals surface area contributed by atoms with Crippen LogP contribution in [0.2, 0.25) is 0 Å². The van der Waals surface area contributed by atoms with Gasteiger partial charge in [-0.15, -0.1) is 6.58 Å². The smallest absolute Gasteiger partial charge is 0.110 e. The molecule has 1 aliphatic carbocycles. The van der Waals surface area contributed by atoms with E-state index in [1.165, 1.54) is 22.0 Å². The molecule has 1 saturated heterocycles.